The van der Waals surface area contributed by atoms with Crippen LogP contribution in [0.5, 0.6) is 0 Å². The summed E-state index contributed by atoms with van der Waals surface area (Å²) in [5.41, 5.74) is 0.638. The van der Waals surface area contributed by atoms with Crippen molar-refractivity contribution in [2.75, 3.05) is 6.54 Å². The molecule has 0 aromatic carbocycles. The molecule has 2 aliphatic heterocycles. The first-order valence-electron chi connectivity index (χ1n) is 6.17. The molecule has 0 radical (unpaired) electrons. The second kappa shape index (κ2) is 4.67. The first-order valence-corrected chi connectivity index (χ1v) is 7.57. The zero-order valence-electron chi connectivity index (χ0n) is 10.7. The van der Waals surface area contributed by atoms with Crippen molar-refractivity contribution in [3.05, 3.63) is 24.3 Å². The molecule has 1 aromatic rings. The summed E-state index contributed by atoms with van der Waals surface area (Å²) in [6.07, 6.45) is 6.13. The van der Waals surface area contributed by atoms with Gasteiger partial charge in [-0.25, -0.2) is 9.29 Å². The van der Waals surface area contributed by atoms with Crippen LogP contribution >= 0.6 is 0 Å². The molecule has 21 heavy (non-hydrogen) atoms. The maximum Gasteiger partial charge on any atom is 0.362 e. The van der Waals surface area contributed by atoms with Gasteiger partial charge in [-0.15, -0.1) is 0 Å². The van der Waals surface area contributed by atoms with Crippen LogP contribution < -0.4 is 0 Å². The molecule has 0 saturated carbocycles. The summed E-state index contributed by atoms with van der Waals surface area (Å²) in [5.74, 6) is -1.16. The van der Waals surface area contributed by atoms with Crippen LogP contribution in [-0.2, 0) is 19.9 Å². The molecule has 2 fully saturated rings. The summed E-state index contributed by atoms with van der Waals surface area (Å²) in [6, 6.07) is -1.48. The molecule has 9 nitrogen and oxygen atoms in total. The number of rotatable bonds is 3. The highest BCUT2D eigenvalue weighted by atomic mass is 32.2. The molecule has 2 aliphatic rings. The van der Waals surface area contributed by atoms with Crippen LogP contribution in [0.3, 0.4) is 0 Å². The lowest BCUT2D eigenvalue weighted by molar-refractivity contribution is -0.149. The van der Waals surface area contributed by atoms with Gasteiger partial charge < -0.3 is 9.88 Å². The van der Waals surface area contributed by atoms with E-state index < -0.39 is 28.3 Å². The molecular formula is C11H12N4O5S. The maximum absolute atomic E-state index is 12.1. The Morgan fingerprint density at radius 1 is 1.52 bits per heavy atom. The topological polar surface area (TPSA) is 124 Å². The number of carbonyl (C=O) groups is 2. The standard InChI is InChI=1S/C11H12N4O5S/c16-9(2-1-7-5-12-6-13-7)14-4-3-8-10(14)11(17)15(8)21(18,19)20/h1-2,5-6,8,10H,3-4H2,(H,12,13)(H,18,19,20)/b2-1+/t8-,10+/m1/s1. The third-order valence-corrected chi connectivity index (χ3v) is 4.54. The molecule has 2 atom stereocenters. The van der Waals surface area contributed by atoms with E-state index in [0.29, 0.717) is 16.4 Å². The number of fused-ring (bicyclic) bond motifs is 1. The Kier molecular flexibility index (Phi) is 3.06. The molecule has 2 N–H and O–H groups in total. The maximum atomic E-state index is 12.1. The molecule has 2 amide bonds. The lowest BCUT2D eigenvalue weighted by Gasteiger charge is -2.42. The van der Waals surface area contributed by atoms with E-state index in [1.54, 1.807) is 0 Å². The summed E-state index contributed by atoms with van der Waals surface area (Å²) in [7, 11) is -4.55. The van der Waals surface area contributed by atoms with E-state index in [0.717, 1.165) is 0 Å². The number of nitrogens with zero attached hydrogens (tertiary/aromatic N) is 3. The van der Waals surface area contributed by atoms with Crippen molar-refractivity contribution in [1.82, 2.24) is 19.2 Å². The zero-order valence-corrected chi connectivity index (χ0v) is 11.5. The number of imidazole rings is 1. The molecule has 0 aliphatic carbocycles. The number of nitrogens with one attached hydrogen (secondary N) is 1. The summed E-state index contributed by atoms with van der Waals surface area (Å²) >= 11 is 0. The third kappa shape index (κ3) is 2.21. The zero-order chi connectivity index (χ0) is 15.2. The lowest BCUT2D eigenvalue weighted by Crippen LogP contribution is -2.68. The highest BCUT2D eigenvalue weighted by Crippen LogP contribution is 2.35. The monoisotopic (exact) mass is 312 g/mol. The van der Waals surface area contributed by atoms with Gasteiger partial charge in [-0.3, -0.25) is 14.1 Å². The predicted molar refractivity (Wildman–Crippen MR) is 69.9 cm³/mol. The van der Waals surface area contributed by atoms with Crippen molar-refractivity contribution in [3.63, 3.8) is 0 Å². The highest BCUT2D eigenvalue weighted by Gasteiger charge is 2.59. The van der Waals surface area contributed by atoms with Crippen LogP contribution in [0, 0.1) is 0 Å². The van der Waals surface area contributed by atoms with Crippen molar-refractivity contribution in [1.29, 1.82) is 0 Å². The Balaban J connectivity index is 1.72. The van der Waals surface area contributed by atoms with Crippen molar-refractivity contribution in [3.8, 4) is 0 Å². The number of hydrogen-bond acceptors (Lipinski definition) is 5. The fourth-order valence-electron chi connectivity index (χ4n) is 2.68. The van der Waals surface area contributed by atoms with Gasteiger partial charge in [0.25, 0.3) is 5.91 Å². The van der Waals surface area contributed by atoms with Crippen molar-refractivity contribution in [2.24, 2.45) is 0 Å². The molecule has 3 rings (SSSR count). The summed E-state index contributed by atoms with van der Waals surface area (Å²) in [5, 5.41) is 0. The highest BCUT2D eigenvalue weighted by molar-refractivity contribution is 7.84. The summed E-state index contributed by atoms with van der Waals surface area (Å²) in [4.78, 5) is 31.7. The van der Waals surface area contributed by atoms with Crippen LogP contribution in [-0.4, -0.2) is 62.6 Å². The average Bonchev–Trinajstić information content (AvgIpc) is 3.00. The number of aromatic nitrogens is 2. The Morgan fingerprint density at radius 3 is 2.90 bits per heavy atom. The van der Waals surface area contributed by atoms with Gasteiger partial charge in [0.05, 0.1) is 24.3 Å². The first-order chi connectivity index (χ1) is 9.89. The number of likely N-dealkylation sites (tertiary alicyclic amines) is 1. The van der Waals surface area contributed by atoms with Gasteiger partial charge in [0.2, 0.25) is 5.91 Å². The molecule has 2 saturated heterocycles. The van der Waals surface area contributed by atoms with Crippen molar-refractivity contribution >= 4 is 28.2 Å². The van der Waals surface area contributed by atoms with Gasteiger partial charge in [-0.1, -0.05) is 0 Å². The fourth-order valence-corrected chi connectivity index (χ4v) is 3.58. The van der Waals surface area contributed by atoms with E-state index in [1.165, 1.54) is 29.6 Å². The van der Waals surface area contributed by atoms with E-state index in [4.69, 9.17) is 4.55 Å². The molecular weight excluding hydrogens is 300 g/mol. The number of H-pyrrole nitrogens is 1. The fraction of sp³-hybridized carbons (Fsp3) is 0.364. The lowest BCUT2D eigenvalue weighted by atomic mass is 10.0. The molecule has 3 heterocycles. The molecule has 10 heteroatoms. The largest absolute Gasteiger partial charge is 0.362 e. The van der Waals surface area contributed by atoms with Gasteiger partial charge >= 0.3 is 10.3 Å². The Hall–Kier alpha value is -2.20. The summed E-state index contributed by atoms with van der Waals surface area (Å²) < 4.78 is 31.5. The van der Waals surface area contributed by atoms with Gasteiger partial charge in [0, 0.05) is 12.6 Å². The second-order valence-corrected chi connectivity index (χ2v) is 6.07. The molecule has 112 valence electrons. The SMILES string of the molecule is O=C(/C=C/c1cnc[nH]1)N1CC[C@@H]2[C@H]1C(=O)N2S(=O)(=O)O. The molecule has 0 unspecified atom stereocenters. The number of aromatic amines is 1. The number of amides is 2. The minimum atomic E-state index is -4.55. The van der Waals surface area contributed by atoms with Gasteiger partial charge in [-0.2, -0.15) is 8.42 Å². The minimum absolute atomic E-state index is 0.263. The van der Waals surface area contributed by atoms with Gasteiger partial charge in [-0.05, 0) is 12.5 Å². The number of hydrogen-bond donors (Lipinski definition) is 2. The normalized spacial score (nSPS) is 25.3. The van der Waals surface area contributed by atoms with Crippen molar-refractivity contribution < 1.29 is 22.6 Å². The predicted octanol–water partition coefficient (Wildman–Crippen LogP) is -0.963. The average molecular weight is 312 g/mol. The summed E-state index contributed by atoms with van der Waals surface area (Å²) in [6.45, 7) is 0.263. The number of carbonyl (C=O) groups excluding carboxylic acids is 2. The molecule has 0 bridgehead atoms. The van der Waals surface area contributed by atoms with Gasteiger partial charge in [0.15, 0.2) is 0 Å². The Morgan fingerprint density at radius 2 is 2.29 bits per heavy atom. The van der Waals surface area contributed by atoms with Crippen LogP contribution in [0.2, 0.25) is 0 Å². The smallest absolute Gasteiger partial charge is 0.345 e. The third-order valence-electron chi connectivity index (χ3n) is 3.59. The van der Waals surface area contributed by atoms with Crippen LogP contribution in [0.15, 0.2) is 18.6 Å². The van der Waals surface area contributed by atoms with E-state index in [2.05, 4.69) is 9.97 Å². The quantitative estimate of drug-likeness (QED) is 0.421. The molecule has 1 aromatic heterocycles. The number of β-lactam (4-membered cyclic amide) rings is 1. The molecule has 0 spiro atoms. The van der Waals surface area contributed by atoms with E-state index in [-0.39, 0.29) is 12.5 Å². The van der Waals surface area contributed by atoms with E-state index in [1.807, 2.05) is 0 Å². The first kappa shape index (κ1) is 13.8. The van der Waals surface area contributed by atoms with E-state index in [9.17, 15) is 18.0 Å². The van der Waals surface area contributed by atoms with Gasteiger partial charge in [0.1, 0.15) is 6.04 Å². The van der Waals surface area contributed by atoms with Crippen LogP contribution in [0.1, 0.15) is 12.1 Å². The Labute approximate surface area is 120 Å². The second-order valence-electron chi connectivity index (χ2n) is 4.78. The minimum Gasteiger partial charge on any atom is -0.345 e. The van der Waals surface area contributed by atoms with Crippen molar-refractivity contribution in [2.45, 2.75) is 18.5 Å². The van der Waals surface area contributed by atoms with Crippen LogP contribution in [0.25, 0.3) is 6.08 Å². The van der Waals surface area contributed by atoms with E-state index >= 15 is 0 Å². The van der Waals surface area contributed by atoms with Crippen LogP contribution in [0.4, 0.5) is 0 Å². The Bertz CT molecular complexity index is 711.